The molecule has 2 aromatic carbocycles. The van der Waals surface area contributed by atoms with E-state index in [0.717, 1.165) is 31.5 Å². The van der Waals surface area contributed by atoms with Crippen LogP contribution in [-0.4, -0.2) is 28.5 Å². The number of nitrogens with zero attached hydrogens (tertiary/aromatic N) is 2. The Hall–Kier alpha value is -2.72. The Morgan fingerprint density at radius 3 is 2.60 bits per heavy atom. The summed E-state index contributed by atoms with van der Waals surface area (Å²) in [5.74, 6) is 0.149. The molecule has 1 saturated heterocycles. The van der Waals surface area contributed by atoms with Gasteiger partial charge in [-0.05, 0) is 67.6 Å². The Morgan fingerprint density at radius 1 is 1.07 bits per heavy atom. The number of halogens is 1. The molecule has 1 N–H and O–H groups in total. The summed E-state index contributed by atoms with van der Waals surface area (Å²) >= 11 is 6.26. The summed E-state index contributed by atoms with van der Waals surface area (Å²) in [4.78, 5) is 14.9. The van der Waals surface area contributed by atoms with E-state index >= 15 is 0 Å². The van der Waals surface area contributed by atoms with Crippen molar-refractivity contribution in [2.45, 2.75) is 38.6 Å². The molecule has 3 heterocycles. The summed E-state index contributed by atoms with van der Waals surface area (Å²) in [5, 5.41) is 4.52. The first-order valence-electron chi connectivity index (χ1n) is 10.6. The molecule has 154 valence electrons. The van der Waals surface area contributed by atoms with Crippen LogP contribution >= 0.6 is 11.6 Å². The normalized spacial score (nSPS) is 16.7. The molecule has 3 aromatic rings. The molecule has 2 aliphatic rings. The number of aryl methyl sites for hydroxylation is 1. The first-order valence-corrected chi connectivity index (χ1v) is 10.9. The predicted octanol–water partition coefficient (Wildman–Crippen LogP) is 5.23. The van der Waals surface area contributed by atoms with Crippen molar-refractivity contribution in [3.05, 3.63) is 82.1 Å². The smallest absolute Gasteiger partial charge is 0.227 e. The molecule has 2 aliphatic heterocycles. The molecule has 5 rings (SSSR count). The number of likely N-dealkylation sites (tertiary alicyclic amines) is 1. The van der Waals surface area contributed by atoms with E-state index < -0.39 is 0 Å². The lowest BCUT2D eigenvalue weighted by Crippen LogP contribution is -2.51. The Balaban J connectivity index is 1.38. The minimum absolute atomic E-state index is 0.140. The molecule has 30 heavy (non-hydrogen) atoms. The Kier molecular flexibility index (Phi) is 4.62. The number of fused-ring (bicyclic) bond motifs is 4. The topological polar surface area (TPSA) is 37.3 Å². The molecule has 5 heteroatoms. The molecule has 1 aromatic heterocycles. The van der Waals surface area contributed by atoms with Crippen LogP contribution < -0.4 is 5.32 Å². The molecule has 1 spiro atoms. The molecule has 0 atom stereocenters. The van der Waals surface area contributed by atoms with Crippen LogP contribution in [0.2, 0.25) is 5.02 Å². The van der Waals surface area contributed by atoms with E-state index in [9.17, 15) is 4.79 Å². The zero-order chi connectivity index (χ0) is 20.9. The average molecular weight is 420 g/mol. The first-order chi connectivity index (χ1) is 14.5. The van der Waals surface area contributed by atoms with Crippen molar-refractivity contribution in [1.29, 1.82) is 0 Å². The first kappa shape index (κ1) is 19.3. The van der Waals surface area contributed by atoms with E-state index in [-0.39, 0.29) is 11.4 Å². The third-order valence-corrected chi connectivity index (χ3v) is 7.19. The minimum atomic E-state index is -0.140. The van der Waals surface area contributed by atoms with E-state index in [1.807, 2.05) is 29.2 Å². The van der Waals surface area contributed by atoms with Gasteiger partial charge >= 0.3 is 0 Å². The van der Waals surface area contributed by atoms with E-state index in [4.69, 9.17) is 11.6 Å². The highest BCUT2D eigenvalue weighted by atomic mass is 35.5. The lowest BCUT2D eigenvalue weighted by Gasteiger charge is -2.46. The number of piperidine rings is 1. The van der Waals surface area contributed by atoms with Gasteiger partial charge in [0, 0.05) is 30.0 Å². The molecule has 0 unspecified atom stereocenters. The number of nitrogens with one attached hydrogen (secondary N) is 1. The third kappa shape index (κ3) is 3.02. The van der Waals surface area contributed by atoms with Crippen molar-refractivity contribution in [3.63, 3.8) is 0 Å². The fourth-order valence-electron chi connectivity index (χ4n) is 4.94. The van der Waals surface area contributed by atoms with Crippen LogP contribution in [0.1, 0.15) is 35.2 Å². The summed E-state index contributed by atoms with van der Waals surface area (Å²) in [6, 6.07) is 16.3. The summed E-state index contributed by atoms with van der Waals surface area (Å²) in [6.45, 7) is 5.82. The second kappa shape index (κ2) is 7.21. The van der Waals surface area contributed by atoms with Crippen LogP contribution in [0.4, 0.5) is 5.69 Å². The number of amides is 1. The molecule has 0 radical (unpaired) electrons. The van der Waals surface area contributed by atoms with Crippen molar-refractivity contribution < 1.29 is 4.79 Å². The van der Waals surface area contributed by atoms with Crippen molar-refractivity contribution in [1.82, 2.24) is 9.47 Å². The molecule has 0 saturated carbocycles. The number of carbonyl (C=O) groups is 1. The van der Waals surface area contributed by atoms with Crippen LogP contribution in [0.3, 0.4) is 0 Å². The Labute approximate surface area is 182 Å². The fraction of sp³-hybridized carbons (Fsp3) is 0.320. The number of benzene rings is 2. The van der Waals surface area contributed by atoms with Gasteiger partial charge in [0.15, 0.2) is 0 Å². The van der Waals surface area contributed by atoms with E-state index in [0.29, 0.717) is 11.4 Å². The number of anilines is 1. The van der Waals surface area contributed by atoms with Gasteiger partial charge in [-0.1, -0.05) is 35.9 Å². The van der Waals surface area contributed by atoms with Crippen molar-refractivity contribution >= 4 is 23.2 Å². The highest BCUT2D eigenvalue weighted by Crippen LogP contribution is 2.44. The molecular weight excluding hydrogens is 394 g/mol. The van der Waals surface area contributed by atoms with Gasteiger partial charge < -0.3 is 14.8 Å². The van der Waals surface area contributed by atoms with E-state index in [2.05, 4.69) is 54.2 Å². The lowest BCUT2D eigenvalue weighted by molar-refractivity contribution is -0.132. The molecular formula is C25H26ClN3O. The third-order valence-electron chi connectivity index (χ3n) is 6.82. The maximum Gasteiger partial charge on any atom is 0.227 e. The SMILES string of the molecule is Cc1ccc2c(c1C)-n1cccc1C1(CCN(C(=O)Cc3ccccc3Cl)CC1)N2. The number of aromatic nitrogens is 1. The maximum absolute atomic E-state index is 12.9. The fourth-order valence-corrected chi connectivity index (χ4v) is 5.14. The summed E-state index contributed by atoms with van der Waals surface area (Å²) < 4.78 is 2.34. The van der Waals surface area contributed by atoms with Crippen LogP contribution in [0, 0.1) is 13.8 Å². The zero-order valence-corrected chi connectivity index (χ0v) is 18.2. The van der Waals surface area contributed by atoms with Gasteiger partial charge in [-0.3, -0.25) is 4.79 Å². The van der Waals surface area contributed by atoms with Gasteiger partial charge in [-0.2, -0.15) is 0 Å². The predicted molar refractivity (Wildman–Crippen MR) is 122 cm³/mol. The van der Waals surface area contributed by atoms with E-state index in [1.54, 1.807) is 0 Å². The maximum atomic E-state index is 12.9. The Bertz CT molecular complexity index is 1130. The number of hydrogen-bond acceptors (Lipinski definition) is 2. The van der Waals surface area contributed by atoms with Gasteiger partial charge in [0.1, 0.15) is 0 Å². The molecule has 1 fully saturated rings. The summed E-state index contributed by atoms with van der Waals surface area (Å²) in [5.41, 5.74) is 7.08. The van der Waals surface area contributed by atoms with Crippen molar-refractivity contribution in [2.75, 3.05) is 18.4 Å². The minimum Gasteiger partial charge on any atom is -0.372 e. The van der Waals surface area contributed by atoms with E-state index in [1.165, 1.54) is 28.2 Å². The van der Waals surface area contributed by atoms with Gasteiger partial charge in [-0.15, -0.1) is 0 Å². The summed E-state index contributed by atoms with van der Waals surface area (Å²) in [7, 11) is 0. The van der Waals surface area contributed by atoms with Crippen LogP contribution in [-0.2, 0) is 16.8 Å². The summed E-state index contributed by atoms with van der Waals surface area (Å²) in [6.07, 6.45) is 4.30. The molecule has 0 bridgehead atoms. The molecule has 1 amide bonds. The molecule has 0 aliphatic carbocycles. The van der Waals surface area contributed by atoms with Gasteiger partial charge in [-0.25, -0.2) is 0 Å². The quantitative estimate of drug-likeness (QED) is 0.617. The van der Waals surface area contributed by atoms with Crippen molar-refractivity contribution in [3.8, 4) is 5.69 Å². The molecule has 4 nitrogen and oxygen atoms in total. The number of rotatable bonds is 2. The highest BCUT2D eigenvalue weighted by Gasteiger charge is 2.42. The van der Waals surface area contributed by atoms with Gasteiger partial charge in [0.25, 0.3) is 0 Å². The zero-order valence-electron chi connectivity index (χ0n) is 17.4. The van der Waals surface area contributed by atoms with Gasteiger partial charge in [0.2, 0.25) is 5.91 Å². The second-order valence-corrected chi connectivity index (χ2v) is 8.93. The lowest BCUT2D eigenvalue weighted by atomic mass is 9.81. The average Bonchev–Trinajstić information content (AvgIpc) is 3.24. The van der Waals surface area contributed by atoms with Crippen LogP contribution in [0.15, 0.2) is 54.7 Å². The number of hydrogen-bond donors (Lipinski definition) is 1. The standard InChI is InChI=1S/C25H26ClN3O/c1-17-9-10-21-24(18(17)2)29-13-5-8-22(29)25(27-21)11-14-28(15-12-25)23(30)16-19-6-3-4-7-20(19)26/h3-10,13,27H,11-12,14-16H2,1-2H3. The van der Waals surface area contributed by atoms with Crippen LogP contribution in [0.5, 0.6) is 0 Å². The van der Waals surface area contributed by atoms with Gasteiger partial charge in [0.05, 0.1) is 23.3 Å². The monoisotopic (exact) mass is 419 g/mol. The number of carbonyl (C=O) groups excluding carboxylic acids is 1. The second-order valence-electron chi connectivity index (χ2n) is 8.52. The Morgan fingerprint density at radius 2 is 1.83 bits per heavy atom. The van der Waals surface area contributed by atoms with Crippen LogP contribution in [0.25, 0.3) is 5.69 Å². The largest absolute Gasteiger partial charge is 0.372 e. The highest BCUT2D eigenvalue weighted by molar-refractivity contribution is 6.31. The van der Waals surface area contributed by atoms with Crippen molar-refractivity contribution in [2.24, 2.45) is 0 Å².